The van der Waals surface area contributed by atoms with E-state index in [0.29, 0.717) is 24.7 Å². The minimum atomic E-state index is -0.230. The number of halogens is 1. The number of rotatable bonds is 5. The van der Waals surface area contributed by atoms with Crippen molar-refractivity contribution < 1.29 is 14.3 Å². The Morgan fingerprint density at radius 1 is 1.07 bits per heavy atom. The van der Waals surface area contributed by atoms with Crippen molar-refractivity contribution in [3.8, 4) is 11.5 Å². The van der Waals surface area contributed by atoms with E-state index in [1.165, 1.54) is 0 Å². The molecule has 2 aromatic rings. The van der Waals surface area contributed by atoms with Gasteiger partial charge in [0, 0.05) is 23.9 Å². The van der Waals surface area contributed by atoms with Crippen LogP contribution in [0.5, 0.6) is 11.5 Å². The number of anilines is 2. The maximum absolute atomic E-state index is 12.1. The van der Waals surface area contributed by atoms with Gasteiger partial charge >= 0.3 is 0 Å². The summed E-state index contributed by atoms with van der Waals surface area (Å²) in [4.78, 5) is 16.1. The van der Waals surface area contributed by atoms with Gasteiger partial charge in [-0.2, -0.15) is 0 Å². The van der Waals surface area contributed by atoms with E-state index in [-0.39, 0.29) is 42.4 Å². The number of fused-ring (bicyclic) bond motifs is 1. The first kappa shape index (κ1) is 21.8. The Bertz CT molecular complexity index is 842. The van der Waals surface area contributed by atoms with E-state index in [9.17, 15) is 4.79 Å². The Balaban J connectivity index is 0.00000280. The monoisotopic (exact) mass is 496 g/mol. The van der Waals surface area contributed by atoms with Gasteiger partial charge in [0.05, 0.1) is 13.2 Å². The van der Waals surface area contributed by atoms with Gasteiger partial charge in [0.2, 0.25) is 5.91 Å². The lowest BCUT2D eigenvalue weighted by Gasteiger charge is -2.11. The maximum Gasteiger partial charge on any atom is 0.246 e. The number of carbonyl (C=O) groups excluding carboxylic acids is 1. The molecule has 0 bridgehead atoms. The SMILES string of the molecule is CCc1cccc(NC(=O)CN=C(N)Nc2ccc3c(c2)OCCCO3)c1.I. The van der Waals surface area contributed by atoms with Gasteiger partial charge in [-0.3, -0.25) is 4.79 Å². The molecular formula is C20H25IN4O3. The average Bonchev–Trinajstić information content (AvgIpc) is 2.91. The zero-order valence-electron chi connectivity index (χ0n) is 15.7. The van der Waals surface area contributed by atoms with Crippen molar-refractivity contribution in [3.05, 3.63) is 48.0 Å². The number of nitrogens with zero attached hydrogens (tertiary/aromatic N) is 1. The molecule has 0 spiro atoms. The molecule has 1 heterocycles. The molecule has 1 aliphatic rings. The van der Waals surface area contributed by atoms with Crippen LogP contribution in [0.4, 0.5) is 11.4 Å². The number of nitrogens with one attached hydrogen (secondary N) is 2. The number of hydrogen-bond acceptors (Lipinski definition) is 4. The van der Waals surface area contributed by atoms with Crippen LogP contribution in [0.3, 0.4) is 0 Å². The number of benzene rings is 2. The van der Waals surface area contributed by atoms with E-state index in [0.717, 1.165) is 29.8 Å². The van der Waals surface area contributed by atoms with E-state index in [4.69, 9.17) is 15.2 Å². The first-order valence-corrected chi connectivity index (χ1v) is 8.99. The van der Waals surface area contributed by atoms with Crippen molar-refractivity contribution in [3.63, 3.8) is 0 Å². The van der Waals surface area contributed by atoms with Gasteiger partial charge in [0.25, 0.3) is 0 Å². The minimum absolute atomic E-state index is 0. The van der Waals surface area contributed by atoms with Crippen LogP contribution in [-0.2, 0) is 11.2 Å². The summed E-state index contributed by atoms with van der Waals surface area (Å²) in [6, 6.07) is 13.2. The molecule has 0 unspecified atom stereocenters. The number of guanidine groups is 1. The third-order valence-electron chi connectivity index (χ3n) is 4.03. The second-order valence-corrected chi connectivity index (χ2v) is 6.14. The van der Waals surface area contributed by atoms with E-state index in [2.05, 4.69) is 22.5 Å². The van der Waals surface area contributed by atoms with E-state index in [1.807, 2.05) is 36.4 Å². The standard InChI is InChI=1S/C20H24N4O3.HI/c1-2-14-5-3-6-15(11-14)23-19(25)13-22-20(21)24-16-7-8-17-18(12-16)27-10-4-9-26-17;/h3,5-8,11-12H,2,4,9-10,13H2,1H3,(H,23,25)(H3,21,22,24);1H. The number of aliphatic imine (C=N–C) groups is 1. The predicted molar refractivity (Wildman–Crippen MR) is 122 cm³/mol. The highest BCUT2D eigenvalue weighted by Crippen LogP contribution is 2.32. The molecule has 7 nitrogen and oxygen atoms in total. The van der Waals surface area contributed by atoms with Crippen molar-refractivity contribution in [1.82, 2.24) is 0 Å². The van der Waals surface area contributed by atoms with E-state index < -0.39 is 0 Å². The maximum atomic E-state index is 12.1. The second-order valence-electron chi connectivity index (χ2n) is 6.14. The zero-order chi connectivity index (χ0) is 19.1. The number of amides is 1. The highest BCUT2D eigenvalue weighted by Gasteiger charge is 2.11. The number of nitrogens with two attached hydrogens (primary N) is 1. The highest BCUT2D eigenvalue weighted by atomic mass is 127. The molecule has 0 aromatic heterocycles. The zero-order valence-corrected chi connectivity index (χ0v) is 18.1. The van der Waals surface area contributed by atoms with Gasteiger partial charge in [-0.1, -0.05) is 19.1 Å². The van der Waals surface area contributed by atoms with Crippen molar-refractivity contribution in [2.24, 2.45) is 10.7 Å². The van der Waals surface area contributed by atoms with Gasteiger partial charge in [-0.05, 0) is 36.2 Å². The quantitative estimate of drug-likeness (QED) is 0.335. The first-order chi connectivity index (χ1) is 13.1. The minimum Gasteiger partial charge on any atom is -0.490 e. The molecule has 3 rings (SSSR count). The predicted octanol–water partition coefficient (Wildman–Crippen LogP) is 3.39. The van der Waals surface area contributed by atoms with Gasteiger partial charge in [0.1, 0.15) is 6.54 Å². The fourth-order valence-electron chi connectivity index (χ4n) is 2.65. The van der Waals surface area contributed by atoms with Crippen LogP contribution >= 0.6 is 24.0 Å². The smallest absolute Gasteiger partial charge is 0.246 e. The normalized spacial score (nSPS) is 13.1. The van der Waals surface area contributed by atoms with Crippen molar-refractivity contribution in [2.45, 2.75) is 19.8 Å². The molecule has 0 radical (unpaired) electrons. The van der Waals surface area contributed by atoms with Crippen LogP contribution < -0.4 is 25.8 Å². The summed E-state index contributed by atoms with van der Waals surface area (Å²) in [7, 11) is 0. The van der Waals surface area contributed by atoms with Crippen molar-refractivity contribution in [1.29, 1.82) is 0 Å². The van der Waals surface area contributed by atoms with E-state index in [1.54, 1.807) is 6.07 Å². The molecule has 0 fully saturated rings. The molecule has 0 atom stereocenters. The Hall–Kier alpha value is -2.49. The Morgan fingerprint density at radius 2 is 1.82 bits per heavy atom. The molecule has 1 aliphatic heterocycles. The summed E-state index contributed by atoms with van der Waals surface area (Å²) < 4.78 is 11.2. The lowest BCUT2D eigenvalue weighted by atomic mass is 10.1. The number of hydrogen-bond donors (Lipinski definition) is 3. The van der Waals surface area contributed by atoms with Gasteiger partial charge < -0.3 is 25.8 Å². The average molecular weight is 496 g/mol. The Labute approximate surface area is 181 Å². The molecule has 1 amide bonds. The second kappa shape index (κ2) is 10.7. The number of ether oxygens (including phenoxy) is 2. The fourth-order valence-corrected chi connectivity index (χ4v) is 2.65. The molecule has 2 aromatic carbocycles. The molecule has 28 heavy (non-hydrogen) atoms. The Kier molecular flexibility index (Phi) is 8.37. The van der Waals surface area contributed by atoms with Crippen molar-refractivity contribution >= 4 is 47.2 Å². The summed E-state index contributed by atoms with van der Waals surface area (Å²) in [6.07, 6.45) is 1.76. The van der Waals surface area contributed by atoms with E-state index >= 15 is 0 Å². The molecule has 0 saturated carbocycles. The van der Waals surface area contributed by atoms with Crippen LogP contribution in [0.15, 0.2) is 47.5 Å². The first-order valence-electron chi connectivity index (χ1n) is 8.99. The van der Waals surface area contributed by atoms with Crippen LogP contribution in [0.2, 0.25) is 0 Å². The summed E-state index contributed by atoms with van der Waals surface area (Å²) in [5, 5.41) is 5.78. The van der Waals surface area contributed by atoms with Crippen LogP contribution in [-0.4, -0.2) is 31.6 Å². The molecule has 150 valence electrons. The topological polar surface area (TPSA) is 98.0 Å². The molecule has 0 aliphatic carbocycles. The summed E-state index contributed by atoms with van der Waals surface area (Å²) in [5.41, 5.74) is 8.52. The molecule has 0 saturated heterocycles. The lowest BCUT2D eigenvalue weighted by Crippen LogP contribution is -2.25. The summed E-state index contributed by atoms with van der Waals surface area (Å²) in [6.45, 7) is 3.25. The molecule has 8 heteroatoms. The van der Waals surface area contributed by atoms with Gasteiger partial charge in [-0.25, -0.2) is 4.99 Å². The van der Waals surface area contributed by atoms with Crippen molar-refractivity contribution in [2.75, 3.05) is 30.4 Å². The van der Waals surface area contributed by atoms with Crippen LogP contribution in [0.1, 0.15) is 18.9 Å². The van der Waals surface area contributed by atoms with Crippen LogP contribution in [0.25, 0.3) is 0 Å². The molecule has 4 N–H and O–H groups in total. The van der Waals surface area contributed by atoms with Gasteiger partial charge in [-0.15, -0.1) is 24.0 Å². The van der Waals surface area contributed by atoms with Crippen LogP contribution in [0, 0.1) is 0 Å². The molecular weight excluding hydrogens is 471 g/mol. The lowest BCUT2D eigenvalue weighted by molar-refractivity contribution is -0.114. The summed E-state index contributed by atoms with van der Waals surface area (Å²) in [5.74, 6) is 1.30. The third kappa shape index (κ3) is 6.29. The largest absolute Gasteiger partial charge is 0.490 e. The summed E-state index contributed by atoms with van der Waals surface area (Å²) >= 11 is 0. The number of aryl methyl sites for hydroxylation is 1. The fraction of sp³-hybridized carbons (Fsp3) is 0.300. The Morgan fingerprint density at radius 3 is 2.61 bits per heavy atom. The third-order valence-corrected chi connectivity index (χ3v) is 4.03. The number of carbonyl (C=O) groups is 1. The highest BCUT2D eigenvalue weighted by molar-refractivity contribution is 14.0. The van der Waals surface area contributed by atoms with Gasteiger partial charge in [0.15, 0.2) is 17.5 Å².